The second-order valence-corrected chi connectivity index (χ2v) is 5.70. The van der Waals surface area contributed by atoms with Crippen molar-refractivity contribution in [2.24, 2.45) is 0 Å². The zero-order valence-electron chi connectivity index (χ0n) is 11.3. The maximum absolute atomic E-state index is 10.7. The molecule has 106 valence electrons. The SMILES string of the molecule is CC(Nc1ncc([N+](=O)[O-])s1)c1cccc2ccccc12. The maximum Gasteiger partial charge on any atom is 0.345 e. The predicted octanol–water partition coefficient (Wildman–Crippen LogP) is 4.38. The van der Waals surface area contributed by atoms with E-state index in [1.54, 1.807) is 0 Å². The Bertz CT molecular complexity index is 795. The molecule has 6 heteroatoms. The molecule has 0 aliphatic rings. The van der Waals surface area contributed by atoms with Crippen LogP contribution in [0.15, 0.2) is 48.7 Å². The van der Waals surface area contributed by atoms with E-state index in [1.807, 2.05) is 25.1 Å². The van der Waals surface area contributed by atoms with E-state index in [0.717, 1.165) is 16.9 Å². The Kier molecular flexibility index (Phi) is 3.53. The highest BCUT2D eigenvalue weighted by Crippen LogP contribution is 2.30. The summed E-state index contributed by atoms with van der Waals surface area (Å²) in [6.07, 6.45) is 1.28. The first-order valence-corrected chi connectivity index (χ1v) is 7.31. The van der Waals surface area contributed by atoms with Crippen LogP contribution in [0.4, 0.5) is 10.1 Å². The standard InChI is InChI=1S/C15H13N3O2S/c1-10(17-15-16-9-14(21-15)18(19)20)12-8-4-6-11-5-2-3-7-13(11)12/h2-10H,1H3,(H,16,17). The molecule has 0 amide bonds. The van der Waals surface area contributed by atoms with E-state index in [4.69, 9.17) is 0 Å². The van der Waals surface area contributed by atoms with Crippen LogP contribution in [0, 0.1) is 10.1 Å². The summed E-state index contributed by atoms with van der Waals surface area (Å²) < 4.78 is 0. The number of hydrogen-bond donors (Lipinski definition) is 1. The summed E-state index contributed by atoms with van der Waals surface area (Å²) in [6.45, 7) is 2.02. The fraction of sp³-hybridized carbons (Fsp3) is 0.133. The summed E-state index contributed by atoms with van der Waals surface area (Å²) >= 11 is 1.05. The molecule has 0 aliphatic heterocycles. The Morgan fingerprint density at radius 2 is 2.00 bits per heavy atom. The third-order valence-electron chi connectivity index (χ3n) is 3.30. The molecule has 1 N–H and O–H groups in total. The lowest BCUT2D eigenvalue weighted by Crippen LogP contribution is -2.06. The molecule has 3 aromatic rings. The van der Waals surface area contributed by atoms with Gasteiger partial charge in [-0.15, -0.1) is 0 Å². The molecule has 0 saturated heterocycles. The topological polar surface area (TPSA) is 68.1 Å². The first kappa shape index (κ1) is 13.5. The lowest BCUT2D eigenvalue weighted by atomic mass is 10.00. The van der Waals surface area contributed by atoms with Crippen LogP contribution in [0.3, 0.4) is 0 Å². The number of benzene rings is 2. The van der Waals surface area contributed by atoms with E-state index >= 15 is 0 Å². The number of thiazole rings is 1. The molecule has 2 aromatic carbocycles. The molecule has 0 saturated carbocycles. The number of fused-ring (bicyclic) bond motifs is 1. The second-order valence-electron chi connectivity index (χ2n) is 4.70. The van der Waals surface area contributed by atoms with Crippen LogP contribution in [0.5, 0.6) is 0 Å². The highest BCUT2D eigenvalue weighted by molar-refractivity contribution is 7.18. The number of hydrogen-bond acceptors (Lipinski definition) is 5. The molecular formula is C15H13N3O2S. The van der Waals surface area contributed by atoms with Gasteiger partial charge in [-0.05, 0) is 34.6 Å². The van der Waals surface area contributed by atoms with Crippen LogP contribution in [-0.2, 0) is 0 Å². The van der Waals surface area contributed by atoms with Crippen LogP contribution in [0.2, 0.25) is 0 Å². The summed E-state index contributed by atoms with van der Waals surface area (Å²) in [5.41, 5.74) is 1.14. The number of aromatic nitrogens is 1. The van der Waals surface area contributed by atoms with Crippen molar-refractivity contribution >= 4 is 32.2 Å². The van der Waals surface area contributed by atoms with Gasteiger partial charge in [-0.3, -0.25) is 10.1 Å². The quantitative estimate of drug-likeness (QED) is 0.573. The van der Waals surface area contributed by atoms with Crippen LogP contribution < -0.4 is 5.32 Å². The van der Waals surface area contributed by atoms with Gasteiger partial charge < -0.3 is 5.32 Å². The summed E-state index contributed by atoms with van der Waals surface area (Å²) in [6, 6.07) is 14.3. The zero-order valence-corrected chi connectivity index (χ0v) is 12.1. The second kappa shape index (κ2) is 5.49. The summed E-state index contributed by atoms with van der Waals surface area (Å²) in [5.74, 6) is 0. The molecule has 3 rings (SSSR count). The molecule has 0 aliphatic carbocycles. The maximum atomic E-state index is 10.7. The van der Waals surface area contributed by atoms with Crippen molar-refractivity contribution in [2.45, 2.75) is 13.0 Å². The van der Waals surface area contributed by atoms with Crippen LogP contribution in [0.25, 0.3) is 10.8 Å². The minimum absolute atomic E-state index is 0.0156. The van der Waals surface area contributed by atoms with Gasteiger partial charge in [-0.2, -0.15) is 0 Å². The molecule has 0 fully saturated rings. The minimum atomic E-state index is -0.425. The van der Waals surface area contributed by atoms with Gasteiger partial charge in [0.1, 0.15) is 6.20 Å². The highest BCUT2D eigenvalue weighted by atomic mass is 32.1. The Labute approximate surface area is 125 Å². The number of nitro groups is 1. The number of nitrogens with zero attached hydrogens (tertiary/aromatic N) is 2. The third-order valence-corrected chi connectivity index (χ3v) is 4.18. The minimum Gasteiger partial charge on any atom is -0.355 e. The molecular weight excluding hydrogens is 286 g/mol. The first-order chi connectivity index (χ1) is 10.1. The van der Waals surface area contributed by atoms with Crippen molar-refractivity contribution < 1.29 is 4.92 Å². The van der Waals surface area contributed by atoms with E-state index in [-0.39, 0.29) is 11.0 Å². The summed E-state index contributed by atoms with van der Waals surface area (Å²) in [5, 5.41) is 16.9. The third kappa shape index (κ3) is 2.71. The van der Waals surface area contributed by atoms with Crippen molar-refractivity contribution in [3.8, 4) is 0 Å². The lowest BCUT2D eigenvalue weighted by Gasteiger charge is -2.15. The number of anilines is 1. The summed E-state index contributed by atoms with van der Waals surface area (Å²) in [7, 11) is 0. The predicted molar refractivity (Wildman–Crippen MR) is 84.8 cm³/mol. The number of rotatable bonds is 4. The fourth-order valence-electron chi connectivity index (χ4n) is 2.31. The van der Waals surface area contributed by atoms with Gasteiger partial charge in [0.15, 0.2) is 5.13 Å². The molecule has 0 spiro atoms. The molecule has 1 heterocycles. The Morgan fingerprint density at radius 3 is 2.76 bits per heavy atom. The van der Waals surface area contributed by atoms with Gasteiger partial charge in [-0.25, -0.2) is 4.98 Å². The van der Waals surface area contributed by atoms with Crippen molar-refractivity contribution in [3.63, 3.8) is 0 Å². The van der Waals surface area contributed by atoms with Crippen molar-refractivity contribution in [3.05, 3.63) is 64.3 Å². The lowest BCUT2D eigenvalue weighted by molar-refractivity contribution is -0.380. The van der Waals surface area contributed by atoms with Gasteiger partial charge in [0, 0.05) is 0 Å². The molecule has 1 atom stereocenters. The van der Waals surface area contributed by atoms with Gasteiger partial charge in [0.25, 0.3) is 0 Å². The van der Waals surface area contributed by atoms with Crippen LogP contribution in [-0.4, -0.2) is 9.91 Å². The highest BCUT2D eigenvalue weighted by Gasteiger charge is 2.15. The van der Waals surface area contributed by atoms with Gasteiger partial charge in [0.05, 0.1) is 11.0 Å². The van der Waals surface area contributed by atoms with Crippen molar-refractivity contribution in [1.82, 2.24) is 4.98 Å². The van der Waals surface area contributed by atoms with E-state index in [9.17, 15) is 10.1 Å². The van der Waals surface area contributed by atoms with E-state index in [0.29, 0.717) is 5.13 Å². The average molecular weight is 299 g/mol. The molecule has 5 nitrogen and oxygen atoms in total. The number of nitrogens with one attached hydrogen (secondary N) is 1. The monoisotopic (exact) mass is 299 g/mol. The van der Waals surface area contributed by atoms with Gasteiger partial charge >= 0.3 is 5.00 Å². The molecule has 21 heavy (non-hydrogen) atoms. The fourth-order valence-corrected chi connectivity index (χ4v) is 3.03. The summed E-state index contributed by atoms with van der Waals surface area (Å²) in [4.78, 5) is 14.3. The molecule has 0 bridgehead atoms. The zero-order chi connectivity index (χ0) is 14.8. The smallest absolute Gasteiger partial charge is 0.345 e. The average Bonchev–Trinajstić information content (AvgIpc) is 2.95. The van der Waals surface area contributed by atoms with Crippen LogP contribution in [0.1, 0.15) is 18.5 Å². The van der Waals surface area contributed by atoms with Crippen molar-refractivity contribution in [2.75, 3.05) is 5.32 Å². The Balaban J connectivity index is 1.89. The van der Waals surface area contributed by atoms with E-state index in [2.05, 4.69) is 34.6 Å². The van der Waals surface area contributed by atoms with Crippen molar-refractivity contribution in [1.29, 1.82) is 0 Å². The van der Waals surface area contributed by atoms with E-state index in [1.165, 1.54) is 17.0 Å². The Hall–Kier alpha value is -2.47. The largest absolute Gasteiger partial charge is 0.355 e. The van der Waals surface area contributed by atoms with E-state index < -0.39 is 4.92 Å². The van der Waals surface area contributed by atoms with Gasteiger partial charge in [0.2, 0.25) is 0 Å². The molecule has 0 radical (unpaired) electrons. The molecule has 1 aromatic heterocycles. The van der Waals surface area contributed by atoms with Crippen LogP contribution >= 0.6 is 11.3 Å². The first-order valence-electron chi connectivity index (χ1n) is 6.49. The van der Waals surface area contributed by atoms with Gasteiger partial charge in [-0.1, -0.05) is 42.5 Å². The normalized spacial score (nSPS) is 12.2. The Morgan fingerprint density at radius 1 is 1.24 bits per heavy atom. The molecule has 1 unspecified atom stereocenters.